The number of halogens is 1. The molecule has 2 rings (SSSR count). The first kappa shape index (κ1) is 10.7. The van der Waals surface area contributed by atoms with E-state index in [1.54, 1.807) is 0 Å². The highest BCUT2D eigenvalue weighted by Gasteiger charge is 2.14. The molecule has 0 saturated heterocycles. The Morgan fingerprint density at radius 3 is 2.73 bits per heavy atom. The van der Waals surface area contributed by atoms with Crippen molar-refractivity contribution in [1.82, 2.24) is 9.97 Å². The van der Waals surface area contributed by atoms with Crippen molar-refractivity contribution in [3.05, 3.63) is 28.5 Å². The molecule has 0 amide bonds. The second-order valence-corrected chi connectivity index (χ2v) is 6.00. The van der Waals surface area contributed by atoms with E-state index in [-0.39, 0.29) is 5.41 Å². The minimum Gasteiger partial charge on any atom is -0.342 e. The highest BCUT2D eigenvalue weighted by molar-refractivity contribution is 9.10. The van der Waals surface area contributed by atoms with E-state index in [9.17, 15) is 0 Å². The lowest BCUT2D eigenvalue weighted by Crippen LogP contribution is -2.10. The van der Waals surface area contributed by atoms with Gasteiger partial charge in [-0.25, -0.2) is 4.98 Å². The van der Waals surface area contributed by atoms with Crippen molar-refractivity contribution in [3.63, 3.8) is 0 Å². The molecule has 1 N–H and O–H groups in total. The number of hydrogen-bond acceptors (Lipinski definition) is 1. The Hall–Kier alpha value is -0.830. The van der Waals surface area contributed by atoms with Crippen LogP contribution >= 0.6 is 15.9 Å². The molecule has 0 atom stereocenters. The molecule has 2 nitrogen and oxygen atoms in total. The zero-order chi connectivity index (χ0) is 11.1. The second kappa shape index (κ2) is 3.63. The fraction of sp³-hybridized carbons (Fsp3) is 0.417. The van der Waals surface area contributed by atoms with Crippen LogP contribution in [0.3, 0.4) is 0 Å². The maximum absolute atomic E-state index is 4.56. The number of nitrogens with one attached hydrogen (secondary N) is 1. The molecular weight excluding hydrogens is 252 g/mol. The molecule has 0 aliphatic carbocycles. The molecule has 1 heterocycles. The van der Waals surface area contributed by atoms with E-state index in [2.05, 4.69) is 52.7 Å². The first-order chi connectivity index (χ1) is 6.94. The third-order valence-corrected chi connectivity index (χ3v) is 2.68. The van der Waals surface area contributed by atoms with Crippen molar-refractivity contribution in [3.8, 4) is 0 Å². The van der Waals surface area contributed by atoms with Gasteiger partial charge in [0.05, 0.1) is 11.0 Å². The van der Waals surface area contributed by atoms with E-state index in [4.69, 9.17) is 0 Å². The van der Waals surface area contributed by atoms with E-state index < -0.39 is 0 Å². The average molecular weight is 267 g/mol. The molecule has 0 radical (unpaired) electrons. The Bertz CT molecular complexity index is 480. The van der Waals surface area contributed by atoms with Gasteiger partial charge in [0.1, 0.15) is 5.82 Å². The van der Waals surface area contributed by atoms with Gasteiger partial charge in [0, 0.05) is 10.9 Å². The van der Waals surface area contributed by atoms with Crippen LogP contribution in [-0.4, -0.2) is 9.97 Å². The van der Waals surface area contributed by atoms with Crippen molar-refractivity contribution in [2.45, 2.75) is 27.2 Å². The van der Waals surface area contributed by atoms with Crippen LogP contribution in [0.15, 0.2) is 22.7 Å². The van der Waals surface area contributed by atoms with Crippen LogP contribution in [0.25, 0.3) is 11.0 Å². The summed E-state index contributed by atoms with van der Waals surface area (Å²) in [5.74, 6) is 1.07. The van der Waals surface area contributed by atoms with Crippen LogP contribution in [0.1, 0.15) is 26.6 Å². The van der Waals surface area contributed by atoms with Crippen molar-refractivity contribution in [2.75, 3.05) is 0 Å². The number of rotatable bonds is 1. The predicted octanol–water partition coefficient (Wildman–Crippen LogP) is 3.91. The van der Waals surface area contributed by atoms with E-state index in [1.165, 1.54) is 0 Å². The normalized spacial score (nSPS) is 12.3. The van der Waals surface area contributed by atoms with Crippen LogP contribution in [0.4, 0.5) is 0 Å². The van der Waals surface area contributed by atoms with Crippen LogP contribution < -0.4 is 0 Å². The molecule has 1 aromatic heterocycles. The van der Waals surface area contributed by atoms with E-state index in [0.29, 0.717) is 0 Å². The van der Waals surface area contributed by atoms with Crippen LogP contribution in [-0.2, 0) is 6.42 Å². The van der Waals surface area contributed by atoms with Gasteiger partial charge in [-0.05, 0) is 23.6 Å². The van der Waals surface area contributed by atoms with Gasteiger partial charge in [-0.3, -0.25) is 0 Å². The summed E-state index contributed by atoms with van der Waals surface area (Å²) in [5.41, 5.74) is 2.41. The average Bonchev–Trinajstić information content (AvgIpc) is 2.42. The maximum atomic E-state index is 4.56. The number of H-pyrrole nitrogens is 1. The van der Waals surface area contributed by atoms with Crippen LogP contribution in [0.2, 0.25) is 0 Å². The summed E-state index contributed by atoms with van der Waals surface area (Å²) in [4.78, 5) is 7.91. The predicted molar refractivity (Wildman–Crippen MR) is 67.0 cm³/mol. The monoisotopic (exact) mass is 266 g/mol. The third-order valence-electron chi connectivity index (χ3n) is 2.19. The number of fused-ring (bicyclic) bond motifs is 1. The molecule has 15 heavy (non-hydrogen) atoms. The molecule has 0 aliphatic heterocycles. The van der Waals surface area contributed by atoms with Gasteiger partial charge < -0.3 is 4.98 Å². The van der Waals surface area contributed by atoms with Gasteiger partial charge >= 0.3 is 0 Å². The molecule has 0 unspecified atom stereocenters. The SMILES string of the molecule is CC(C)(C)Cc1nc2ccc(Br)cc2[nH]1. The zero-order valence-electron chi connectivity index (χ0n) is 9.26. The molecule has 0 saturated carbocycles. The Kier molecular flexibility index (Phi) is 2.59. The lowest BCUT2D eigenvalue weighted by molar-refractivity contribution is 0.402. The van der Waals surface area contributed by atoms with E-state index in [1.807, 2.05) is 12.1 Å². The number of aromatic amines is 1. The van der Waals surface area contributed by atoms with Gasteiger partial charge in [0.25, 0.3) is 0 Å². The van der Waals surface area contributed by atoms with Crippen LogP contribution in [0, 0.1) is 5.41 Å². The van der Waals surface area contributed by atoms with Gasteiger partial charge in [-0.15, -0.1) is 0 Å². The Morgan fingerprint density at radius 2 is 2.07 bits per heavy atom. The number of nitrogens with zero attached hydrogens (tertiary/aromatic N) is 1. The summed E-state index contributed by atoms with van der Waals surface area (Å²) in [7, 11) is 0. The summed E-state index contributed by atoms with van der Waals surface area (Å²) >= 11 is 3.46. The maximum Gasteiger partial charge on any atom is 0.107 e. The first-order valence-corrected chi connectivity index (χ1v) is 5.87. The smallest absolute Gasteiger partial charge is 0.107 e. The summed E-state index contributed by atoms with van der Waals surface area (Å²) in [6.45, 7) is 6.66. The van der Waals surface area contributed by atoms with Gasteiger partial charge in [0.15, 0.2) is 0 Å². The highest BCUT2D eigenvalue weighted by atomic mass is 79.9. The van der Waals surface area contributed by atoms with Crippen LogP contribution in [0.5, 0.6) is 0 Å². The standard InChI is InChI=1S/C12H15BrN2/c1-12(2,3)7-11-14-9-5-4-8(13)6-10(9)15-11/h4-6H,7H2,1-3H3,(H,14,15). The molecule has 0 spiro atoms. The van der Waals surface area contributed by atoms with E-state index >= 15 is 0 Å². The number of hydrogen-bond donors (Lipinski definition) is 1. The fourth-order valence-corrected chi connectivity index (χ4v) is 1.98. The summed E-state index contributed by atoms with van der Waals surface area (Å²) < 4.78 is 1.08. The van der Waals surface area contributed by atoms with Crippen molar-refractivity contribution in [2.24, 2.45) is 5.41 Å². The van der Waals surface area contributed by atoms with Gasteiger partial charge in [-0.1, -0.05) is 36.7 Å². The molecule has 1 aromatic carbocycles. The van der Waals surface area contributed by atoms with Gasteiger partial charge in [0.2, 0.25) is 0 Å². The summed E-state index contributed by atoms with van der Waals surface area (Å²) in [5, 5.41) is 0. The molecule has 0 aliphatic rings. The number of aromatic nitrogens is 2. The largest absolute Gasteiger partial charge is 0.342 e. The minimum atomic E-state index is 0.269. The Labute approximate surface area is 98.2 Å². The highest BCUT2D eigenvalue weighted by Crippen LogP contribution is 2.22. The topological polar surface area (TPSA) is 28.7 Å². The second-order valence-electron chi connectivity index (χ2n) is 5.08. The van der Waals surface area contributed by atoms with E-state index in [0.717, 1.165) is 27.8 Å². The molecular formula is C12H15BrN2. The molecule has 0 bridgehead atoms. The Morgan fingerprint density at radius 1 is 1.33 bits per heavy atom. The fourth-order valence-electron chi connectivity index (χ4n) is 1.62. The number of imidazole rings is 1. The molecule has 0 fully saturated rings. The quantitative estimate of drug-likeness (QED) is 0.833. The van der Waals surface area contributed by atoms with Crippen molar-refractivity contribution >= 4 is 27.0 Å². The molecule has 2 aromatic rings. The summed E-state index contributed by atoms with van der Waals surface area (Å²) in [6, 6.07) is 6.11. The Balaban J connectivity index is 2.39. The summed E-state index contributed by atoms with van der Waals surface area (Å²) in [6.07, 6.45) is 0.972. The molecule has 80 valence electrons. The van der Waals surface area contributed by atoms with Crippen molar-refractivity contribution in [1.29, 1.82) is 0 Å². The van der Waals surface area contributed by atoms with Gasteiger partial charge in [-0.2, -0.15) is 0 Å². The first-order valence-electron chi connectivity index (χ1n) is 5.08. The third kappa shape index (κ3) is 2.59. The van der Waals surface area contributed by atoms with Crippen molar-refractivity contribution < 1.29 is 0 Å². The zero-order valence-corrected chi connectivity index (χ0v) is 10.9. The lowest BCUT2D eigenvalue weighted by atomic mass is 9.92. The molecule has 3 heteroatoms. The number of benzene rings is 1. The lowest BCUT2D eigenvalue weighted by Gasteiger charge is -2.15. The minimum absolute atomic E-state index is 0.269.